The molecule has 0 heterocycles. The minimum atomic E-state index is 0.0726. The molecule has 0 fully saturated rings. The summed E-state index contributed by atoms with van der Waals surface area (Å²) in [5.41, 5.74) is 1.32. The molecule has 0 aliphatic heterocycles. The number of hydrogen-bond donors (Lipinski definition) is 1. The van der Waals surface area contributed by atoms with E-state index < -0.39 is 0 Å². The number of ether oxygens (including phenoxy) is 1. The molecule has 0 spiro atoms. The highest BCUT2D eigenvalue weighted by atomic mass is 35.5. The largest absolute Gasteiger partial charge is 0.492 e. The lowest BCUT2D eigenvalue weighted by Gasteiger charge is -2.34. The number of nitrogens with one attached hydrogen (secondary N) is 1. The molecule has 0 bridgehead atoms. The van der Waals surface area contributed by atoms with Crippen LogP contribution in [-0.2, 0) is 5.41 Å². The van der Waals surface area contributed by atoms with Crippen molar-refractivity contribution >= 4 is 11.6 Å². The summed E-state index contributed by atoms with van der Waals surface area (Å²) in [6.45, 7) is 10.3. The zero-order valence-corrected chi connectivity index (χ0v) is 12.8. The van der Waals surface area contributed by atoms with Crippen molar-refractivity contribution in [2.24, 2.45) is 5.92 Å². The smallest absolute Gasteiger partial charge is 0.137 e. The molecule has 1 unspecified atom stereocenters. The van der Waals surface area contributed by atoms with Crippen molar-refractivity contribution in [3.63, 3.8) is 0 Å². The van der Waals surface area contributed by atoms with Crippen LogP contribution in [0.25, 0.3) is 0 Å². The minimum Gasteiger partial charge on any atom is -0.492 e. The van der Waals surface area contributed by atoms with Gasteiger partial charge < -0.3 is 10.1 Å². The fraction of sp³-hybridized carbons (Fsp3) is 0.600. The van der Waals surface area contributed by atoms with Crippen molar-refractivity contribution in [2.75, 3.05) is 20.2 Å². The van der Waals surface area contributed by atoms with Gasteiger partial charge >= 0.3 is 0 Å². The van der Waals surface area contributed by atoms with Crippen LogP contribution < -0.4 is 10.1 Å². The van der Waals surface area contributed by atoms with E-state index in [0.717, 1.165) is 12.3 Å². The molecule has 1 atom stereocenters. The maximum absolute atomic E-state index is 6.27. The number of hydrogen-bond acceptors (Lipinski definition) is 2. The van der Waals surface area contributed by atoms with Crippen molar-refractivity contribution in [3.05, 3.63) is 28.8 Å². The Morgan fingerprint density at radius 2 is 2.06 bits per heavy atom. The van der Waals surface area contributed by atoms with Gasteiger partial charge in [0, 0.05) is 12.0 Å². The van der Waals surface area contributed by atoms with E-state index in [2.05, 4.69) is 32.2 Å². The second-order valence-electron chi connectivity index (χ2n) is 5.18. The molecule has 0 aliphatic rings. The Morgan fingerprint density at radius 3 is 2.50 bits per heavy atom. The summed E-state index contributed by atoms with van der Waals surface area (Å²) in [4.78, 5) is 0. The van der Waals surface area contributed by atoms with E-state index in [9.17, 15) is 0 Å². The molecule has 18 heavy (non-hydrogen) atoms. The maximum Gasteiger partial charge on any atom is 0.137 e. The Hall–Kier alpha value is -0.730. The Labute approximate surface area is 116 Å². The Morgan fingerprint density at radius 1 is 1.39 bits per heavy atom. The summed E-state index contributed by atoms with van der Waals surface area (Å²) >= 11 is 6.27. The third kappa shape index (κ3) is 3.18. The highest BCUT2D eigenvalue weighted by Crippen LogP contribution is 2.35. The van der Waals surface area contributed by atoms with E-state index in [1.54, 1.807) is 0 Å². The van der Waals surface area contributed by atoms with Crippen molar-refractivity contribution < 1.29 is 4.74 Å². The van der Waals surface area contributed by atoms with Gasteiger partial charge in [0.1, 0.15) is 5.75 Å². The SMILES string of the molecule is CCOc1ccc(C(C)(CNC)C(C)C)cc1Cl. The van der Waals surface area contributed by atoms with Crippen LogP contribution in [0.15, 0.2) is 18.2 Å². The van der Waals surface area contributed by atoms with Gasteiger partial charge in [-0.05, 0) is 37.6 Å². The van der Waals surface area contributed by atoms with Crippen LogP contribution in [0, 0.1) is 5.92 Å². The molecule has 3 heteroatoms. The van der Waals surface area contributed by atoms with Gasteiger partial charge in [-0.1, -0.05) is 38.4 Å². The predicted molar refractivity (Wildman–Crippen MR) is 78.7 cm³/mol. The number of likely N-dealkylation sites (N-methyl/N-ethyl adjacent to an activating group) is 1. The maximum atomic E-state index is 6.27. The van der Waals surface area contributed by atoms with Gasteiger partial charge in [-0.25, -0.2) is 0 Å². The second kappa shape index (κ2) is 6.44. The fourth-order valence-electron chi connectivity index (χ4n) is 2.14. The number of halogens is 1. The van der Waals surface area contributed by atoms with Crippen LogP contribution in [0.1, 0.15) is 33.3 Å². The zero-order chi connectivity index (χ0) is 13.8. The first-order valence-corrected chi connectivity index (χ1v) is 6.91. The molecule has 0 aliphatic carbocycles. The number of rotatable bonds is 6. The van der Waals surface area contributed by atoms with Crippen molar-refractivity contribution in [1.82, 2.24) is 5.32 Å². The van der Waals surface area contributed by atoms with E-state index >= 15 is 0 Å². The van der Waals surface area contributed by atoms with Gasteiger partial charge in [0.05, 0.1) is 11.6 Å². The van der Waals surface area contributed by atoms with Crippen molar-refractivity contribution in [3.8, 4) is 5.75 Å². The zero-order valence-electron chi connectivity index (χ0n) is 12.0. The Kier molecular flexibility index (Phi) is 5.48. The van der Waals surface area contributed by atoms with Gasteiger partial charge in [-0.2, -0.15) is 0 Å². The monoisotopic (exact) mass is 269 g/mol. The van der Waals surface area contributed by atoms with E-state index in [4.69, 9.17) is 16.3 Å². The van der Waals surface area contributed by atoms with Gasteiger partial charge in [0.25, 0.3) is 0 Å². The number of benzene rings is 1. The van der Waals surface area contributed by atoms with Gasteiger partial charge in [-0.3, -0.25) is 0 Å². The lowest BCUT2D eigenvalue weighted by Crippen LogP contribution is -2.38. The molecule has 0 aromatic heterocycles. The van der Waals surface area contributed by atoms with Gasteiger partial charge in [-0.15, -0.1) is 0 Å². The average Bonchev–Trinajstić information content (AvgIpc) is 2.32. The molecular weight excluding hydrogens is 246 g/mol. The molecule has 0 saturated heterocycles. The molecule has 1 aromatic rings. The molecule has 1 N–H and O–H groups in total. The predicted octanol–water partition coefficient (Wildman–Crippen LogP) is 3.87. The van der Waals surface area contributed by atoms with E-state index in [1.165, 1.54) is 5.56 Å². The molecule has 0 amide bonds. The standard InChI is InChI=1S/C15H24ClNO/c1-6-18-14-8-7-12(9-13(14)16)15(4,10-17-5)11(2)3/h7-9,11,17H,6,10H2,1-5H3. The van der Waals surface area contributed by atoms with Crippen molar-refractivity contribution in [2.45, 2.75) is 33.1 Å². The van der Waals surface area contributed by atoms with E-state index in [0.29, 0.717) is 17.5 Å². The van der Waals surface area contributed by atoms with E-state index in [-0.39, 0.29) is 5.41 Å². The highest BCUT2D eigenvalue weighted by Gasteiger charge is 2.30. The topological polar surface area (TPSA) is 21.3 Å². The normalized spacial score (nSPS) is 14.6. The summed E-state index contributed by atoms with van der Waals surface area (Å²) in [7, 11) is 1.98. The Bertz CT molecular complexity index is 392. The lowest BCUT2D eigenvalue weighted by atomic mass is 9.73. The molecule has 1 rings (SSSR count). The molecular formula is C15H24ClNO. The molecule has 2 nitrogen and oxygen atoms in total. The molecule has 102 valence electrons. The van der Waals surface area contributed by atoms with Crippen LogP contribution in [0.4, 0.5) is 0 Å². The quantitative estimate of drug-likeness (QED) is 0.846. The minimum absolute atomic E-state index is 0.0726. The molecule has 1 aromatic carbocycles. The van der Waals surface area contributed by atoms with Crippen LogP contribution in [0.5, 0.6) is 5.75 Å². The summed E-state index contributed by atoms with van der Waals surface area (Å²) in [5.74, 6) is 1.29. The molecule has 0 radical (unpaired) electrons. The summed E-state index contributed by atoms with van der Waals surface area (Å²) in [6.07, 6.45) is 0. The first-order chi connectivity index (χ1) is 8.45. The van der Waals surface area contributed by atoms with Crippen LogP contribution >= 0.6 is 11.6 Å². The molecule has 0 saturated carbocycles. The third-order valence-electron chi connectivity index (χ3n) is 3.71. The summed E-state index contributed by atoms with van der Waals surface area (Å²) in [5, 5.41) is 3.96. The van der Waals surface area contributed by atoms with Crippen LogP contribution in [-0.4, -0.2) is 20.2 Å². The fourth-order valence-corrected chi connectivity index (χ4v) is 2.37. The van der Waals surface area contributed by atoms with Gasteiger partial charge in [0.2, 0.25) is 0 Å². The van der Waals surface area contributed by atoms with Crippen LogP contribution in [0.3, 0.4) is 0 Å². The van der Waals surface area contributed by atoms with Gasteiger partial charge in [0.15, 0.2) is 0 Å². The van der Waals surface area contributed by atoms with Crippen molar-refractivity contribution in [1.29, 1.82) is 0 Å². The third-order valence-corrected chi connectivity index (χ3v) is 4.00. The second-order valence-corrected chi connectivity index (χ2v) is 5.59. The lowest BCUT2D eigenvalue weighted by molar-refractivity contribution is 0.324. The van der Waals surface area contributed by atoms with E-state index in [1.807, 2.05) is 26.1 Å². The first-order valence-electron chi connectivity index (χ1n) is 6.53. The summed E-state index contributed by atoms with van der Waals surface area (Å²) < 4.78 is 5.48. The highest BCUT2D eigenvalue weighted by molar-refractivity contribution is 6.32. The Balaban J connectivity index is 3.11. The summed E-state index contributed by atoms with van der Waals surface area (Å²) in [6, 6.07) is 6.12. The average molecular weight is 270 g/mol. The first kappa shape index (κ1) is 15.3. The van der Waals surface area contributed by atoms with Crippen LogP contribution in [0.2, 0.25) is 5.02 Å².